The van der Waals surface area contributed by atoms with Gasteiger partial charge >= 0.3 is 11.9 Å². The van der Waals surface area contributed by atoms with E-state index in [1.165, 1.54) is 26.3 Å². The molecule has 0 fully saturated rings. The van der Waals surface area contributed by atoms with Crippen molar-refractivity contribution in [2.24, 2.45) is 11.8 Å². The van der Waals surface area contributed by atoms with E-state index >= 15 is 0 Å². The minimum atomic E-state index is -0.728. The average Bonchev–Trinajstić information content (AvgIpc) is 2.84. The van der Waals surface area contributed by atoms with Gasteiger partial charge in [0.15, 0.2) is 23.0 Å². The second kappa shape index (κ2) is 13.6. The number of pyridine rings is 1. The van der Waals surface area contributed by atoms with Crippen molar-refractivity contribution in [1.82, 2.24) is 4.98 Å². The average molecular weight is 516 g/mol. The summed E-state index contributed by atoms with van der Waals surface area (Å²) in [7, 11) is 3.04. The van der Waals surface area contributed by atoms with Gasteiger partial charge in [-0.25, -0.2) is 4.98 Å². The van der Waals surface area contributed by atoms with Crippen LogP contribution < -0.4 is 14.2 Å². The molecule has 2 rings (SSSR count). The summed E-state index contributed by atoms with van der Waals surface area (Å²) in [5.74, 6) is -0.960. The maximum Gasteiger partial charge on any atom is 0.309 e. The van der Waals surface area contributed by atoms with Crippen molar-refractivity contribution in [1.29, 1.82) is 0 Å². The van der Waals surface area contributed by atoms with Crippen molar-refractivity contribution in [3.05, 3.63) is 47.3 Å². The zero-order valence-electron chi connectivity index (χ0n) is 22.8. The molecule has 0 bridgehead atoms. The number of ether oxygens (including phenoxy) is 5. The molecule has 9 nitrogen and oxygen atoms in total. The number of methoxy groups -OCH3 is 2. The molecule has 0 saturated heterocycles. The number of carbonyl (C=O) groups excluding carboxylic acids is 3. The highest BCUT2D eigenvalue weighted by molar-refractivity contribution is 5.99. The van der Waals surface area contributed by atoms with E-state index in [9.17, 15) is 14.4 Å². The fourth-order valence-corrected chi connectivity index (χ4v) is 4.23. The Hall–Kier alpha value is -3.62. The highest BCUT2D eigenvalue weighted by Gasteiger charge is 2.30. The summed E-state index contributed by atoms with van der Waals surface area (Å²) in [5.41, 5.74) is 2.11. The van der Waals surface area contributed by atoms with E-state index in [1.807, 2.05) is 32.0 Å². The van der Waals surface area contributed by atoms with E-state index in [1.54, 1.807) is 14.0 Å². The molecule has 0 spiro atoms. The Kier molecular flexibility index (Phi) is 10.9. The second-order valence-corrected chi connectivity index (χ2v) is 9.25. The molecule has 0 aliphatic heterocycles. The number of ketones is 1. The van der Waals surface area contributed by atoms with Gasteiger partial charge in [0.2, 0.25) is 6.79 Å². The van der Waals surface area contributed by atoms with Crippen molar-refractivity contribution in [2.45, 2.75) is 60.0 Å². The summed E-state index contributed by atoms with van der Waals surface area (Å²) in [6.45, 7) is 10.5. The molecule has 1 heterocycles. The van der Waals surface area contributed by atoms with Gasteiger partial charge in [-0.3, -0.25) is 14.4 Å². The first-order chi connectivity index (χ1) is 17.5. The van der Waals surface area contributed by atoms with Gasteiger partial charge in [0.25, 0.3) is 0 Å². The second-order valence-electron chi connectivity index (χ2n) is 9.25. The molecular formula is C28H37NO8. The molecule has 2 aromatic rings. The normalized spacial score (nSPS) is 13.3. The van der Waals surface area contributed by atoms with Gasteiger partial charge in [0, 0.05) is 31.5 Å². The monoisotopic (exact) mass is 515 g/mol. The van der Waals surface area contributed by atoms with E-state index in [-0.39, 0.29) is 35.4 Å². The van der Waals surface area contributed by atoms with Crippen LogP contribution in [0.2, 0.25) is 0 Å². The number of Topliss-reactive ketones (excluding diaryl/α,β-unsaturated/α-hetero) is 1. The maximum atomic E-state index is 13.1. The summed E-state index contributed by atoms with van der Waals surface area (Å²) in [6, 6.07) is 7.38. The third kappa shape index (κ3) is 7.93. The Bertz CT molecular complexity index is 1100. The molecule has 37 heavy (non-hydrogen) atoms. The minimum absolute atomic E-state index is 0.0203. The predicted octanol–water partition coefficient (Wildman–Crippen LogP) is 4.89. The van der Waals surface area contributed by atoms with Gasteiger partial charge in [0.1, 0.15) is 11.9 Å². The van der Waals surface area contributed by atoms with Gasteiger partial charge in [-0.15, -0.1) is 0 Å². The fourth-order valence-electron chi connectivity index (χ4n) is 4.23. The molecule has 0 radical (unpaired) electrons. The number of hydrogen-bond acceptors (Lipinski definition) is 9. The molecular weight excluding hydrogens is 478 g/mol. The number of hydrogen-bond donors (Lipinski definition) is 0. The SMILES string of the molecule is COc1ccc([C@H](C(C)C)[C@H](C)OC(=O)[C@H](C)CC(=O)c2nccc(OC)c2OCOC(C)=O)c(C)c1. The molecule has 0 aliphatic carbocycles. The maximum absolute atomic E-state index is 13.1. The lowest BCUT2D eigenvalue weighted by molar-refractivity contribution is -0.154. The third-order valence-corrected chi connectivity index (χ3v) is 6.07. The van der Waals surface area contributed by atoms with E-state index in [0.717, 1.165) is 16.9 Å². The van der Waals surface area contributed by atoms with Gasteiger partial charge < -0.3 is 23.7 Å². The van der Waals surface area contributed by atoms with Crippen LogP contribution in [0.15, 0.2) is 30.5 Å². The van der Waals surface area contributed by atoms with Crippen LogP contribution in [-0.2, 0) is 19.1 Å². The van der Waals surface area contributed by atoms with Gasteiger partial charge in [-0.2, -0.15) is 0 Å². The number of aromatic nitrogens is 1. The molecule has 0 amide bonds. The topological polar surface area (TPSA) is 110 Å². The van der Waals surface area contributed by atoms with Gasteiger partial charge in [-0.05, 0) is 43.0 Å². The van der Waals surface area contributed by atoms with Gasteiger partial charge in [0.05, 0.1) is 20.1 Å². The van der Waals surface area contributed by atoms with Crippen molar-refractivity contribution >= 4 is 17.7 Å². The number of benzene rings is 1. The Labute approximate surface area is 218 Å². The number of carbonyl (C=O) groups is 3. The number of aryl methyl sites for hydroxylation is 1. The molecule has 3 atom stereocenters. The van der Waals surface area contributed by atoms with E-state index in [4.69, 9.17) is 23.7 Å². The molecule has 0 N–H and O–H groups in total. The van der Waals surface area contributed by atoms with Crippen LogP contribution in [0.4, 0.5) is 0 Å². The Morgan fingerprint density at radius 2 is 1.70 bits per heavy atom. The predicted molar refractivity (Wildman–Crippen MR) is 137 cm³/mol. The first kappa shape index (κ1) is 29.6. The smallest absolute Gasteiger partial charge is 0.309 e. The Balaban J connectivity index is 2.14. The largest absolute Gasteiger partial charge is 0.497 e. The minimum Gasteiger partial charge on any atom is -0.497 e. The summed E-state index contributed by atoms with van der Waals surface area (Å²) < 4.78 is 26.7. The van der Waals surface area contributed by atoms with Crippen molar-refractivity contribution in [3.63, 3.8) is 0 Å². The first-order valence-corrected chi connectivity index (χ1v) is 12.2. The highest BCUT2D eigenvalue weighted by atomic mass is 16.7. The van der Waals surface area contributed by atoms with Crippen LogP contribution in [0, 0.1) is 18.8 Å². The molecule has 0 unspecified atom stereocenters. The van der Waals surface area contributed by atoms with Crippen LogP contribution in [-0.4, -0.2) is 49.8 Å². The molecule has 0 saturated carbocycles. The van der Waals surface area contributed by atoms with Gasteiger partial charge in [-0.1, -0.05) is 26.8 Å². The number of esters is 2. The molecule has 1 aromatic heterocycles. The van der Waals surface area contributed by atoms with Crippen LogP contribution >= 0.6 is 0 Å². The Morgan fingerprint density at radius 3 is 2.27 bits per heavy atom. The zero-order valence-corrected chi connectivity index (χ0v) is 22.8. The van der Waals surface area contributed by atoms with E-state index in [0.29, 0.717) is 0 Å². The molecule has 202 valence electrons. The third-order valence-electron chi connectivity index (χ3n) is 6.07. The lowest BCUT2D eigenvalue weighted by Crippen LogP contribution is -2.30. The number of rotatable bonds is 13. The molecule has 1 aromatic carbocycles. The fraction of sp³-hybridized carbons (Fsp3) is 0.500. The quantitative estimate of drug-likeness (QED) is 0.209. The standard InChI is InChI=1S/C28H37NO8/c1-16(2)25(22-10-9-21(33-7)13-17(22)3)19(5)37-28(32)18(4)14-23(31)26-27(36-15-35-20(6)30)24(34-8)11-12-29-26/h9-13,16,18-19,25H,14-15H2,1-8H3/t18-,19+,25-/m1/s1. The summed E-state index contributed by atoms with van der Waals surface area (Å²) in [5, 5.41) is 0. The van der Waals surface area contributed by atoms with Crippen LogP contribution in [0.3, 0.4) is 0 Å². The lowest BCUT2D eigenvalue weighted by Gasteiger charge is -2.30. The van der Waals surface area contributed by atoms with Crippen molar-refractivity contribution < 1.29 is 38.1 Å². The number of nitrogens with zero attached hydrogens (tertiary/aromatic N) is 1. The molecule has 0 aliphatic rings. The van der Waals surface area contributed by atoms with Crippen LogP contribution in [0.5, 0.6) is 17.2 Å². The first-order valence-electron chi connectivity index (χ1n) is 12.2. The summed E-state index contributed by atoms with van der Waals surface area (Å²) in [4.78, 5) is 41.3. The summed E-state index contributed by atoms with van der Waals surface area (Å²) >= 11 is 0. The van der Waals surface area contributed by atoms with Crippen LogP contribution in [0.25, 0.3) is 0 Å². The zero-order chi connectivity index (χ0) is 27.7. The van der Waals surface area contributed by atoms with Crippen molar-refractivity contribution in [2.75, 3.05) is 21.0 Å². The Morgan fingerprint density at radius 1 is 1.00 bits per heavy atom. The van der Waals surface area contributed by atoms with Crippen molar-refractivity contribution in [3.8, 4) is 17.2 Å². The van der Waals surface area contributed by atoms with E-state index in [2.05, 4.69) is 18.8 Å². The van der Waals surface area contributed by atoms with Crippen LogP contribution in [0.1, 0.15) is 68.6 Å². The lowest BCUT2D eigenvalue weighted by atomic mass is 9.82. The molecule has 9 heteroatoms. The van der Waals surface area contributed by atoms with E-state index < -0.39 is 36.5 Å². The highest BCUT2D eigenvalue weighted by Crippen LogP contribution is 2.34. The summed E-state index contributed by atoms with van der Waals surface area (Å²) in [6.07, 6.45) is 0.832.